The number of aryl methyl sites for hydroxylation is 1. The minimum atomic E-state index is 1.04. The average Bonchev–Trinajstić information content (AvgIpc) is 3.40. The molecule has 0 radical (unpaired) electrons. The summed E-state index contributed by atoms with van der Waals surface area (Å²) in [6.07, 6.45) is 1.04. The molecule has 0 unspecified atom stereocenters. The normalized spacial score (nSPS) is 12.3. The van der Waals surface area contributed by atoms with E-state index in [1.54, 1.807) is 0 Å². The van der Waals surface area contributed by atoms with E-state index in [9.17, 15) is 0 Å². The van der Waals surface area contributed by atoms with Gasteiger partial charge in [-0.3, -0.25) is 0 Å². The van der Waals surface area contributed by atoms with Crippen molar-refractivity contribution in [2.45, 2.75) is 13.3 Å². The first-order chi connectivity index (χ1) is 16.3. The third-order valence-electron chi connectivity index (χ3n) is 7.14. The van der Waals surface area contributed by atoms with Crippen molar-refractivity contribution in [3.05, 3.63) is 126 Å². The maximum Gasteiger partial charge on any atom is 0.0541 e. The van der Waals surface area contributed by atoms with Crippen molar-refractivity contribution < 1.29 is 0 Å². The van der Waals surface area contributed by atoms with E-state index in [-0.39, 0.29) is 0 Å². The van der Waals surface area contributed by atoms with Crippen molar-refractivity contribution in [3.63, 3.8) is 0 Å². The predicted molar refractivity (Wildman–Crippen MR) is 139 cm³/mol. The fourth-order valence-corrected chi connectivity index (χ4v) is 5.62. The third-order valence-corrected chi connectivity index (χ3v) is 7.14. The molecule has 6 aromatic rings. The highest BCUT2D eigenvalue weighted by molar-refractivity contribution is 6.10. The van der Waals surface area contributed by atoms with Crippen LogP contribution in [0.3, 0.4) is 0 Å². The van der Waals surface area contributed by atoms with Gasteiger partial charge in [-0.05, 0) is 88.7 Å². The zero-order valence-corrected chi connectivity index (χ0v) is 18.5. The van der Waals surface area contributed by atoms with Crippen molar-refractivity contribution >= 4 is 21.8 Å². The van der Waals surface area contributed by atoms with Crippen molar-refractivity contribution in [3.8, 4) is 27.9 Å². The Morgan fingerprint density at radius 1 is 0.576 bits per heavy atom. The zero-order valence-electron chi connectivity index (χ0n) is 18.5. The summed E-state index contributed by atoms with van der Waals surface area (Å²) in [4.78, 5) is 0. The number of rotatable bonds is 2. The zero-order chi connectivity index (χ0) is 21.9. The number of nitrogens with zero attached hydrogens (tertiary/aromatic N) is 1. The summed E-state index contributed by atoms with van der Waals surface area (Å²) in [5.41, 5.74) is 13.3. The Balaban J connectivity index is 1.44. The second-order valence-electron chi connectivity index (χ2n) is 9.08. The van der Waals surface area contributed by atoms with E-state index in [4.69, 9.17) is 0 Å². The van der Waals surface area contributed by atoms with Gasteiger partial charge in [-0.1, -0.05) is 72.8 Å². The summed E-state index contributed by atoms with van der Waals surface area (Å²) < 4.78 is 2.37. The van der Waals surface area contributed by atoms with Crippen LogP contribution in [-0.4, -0.2) is 4.57 Å². The maximum absolute atomic E-state index is 2.39. The topological polar surface area (TPSA) is 4.93 Å². The second kappa shape index (κ2) is 6.95. The highest BCUT2D eigenvalue weighted by atomic mass is 15.0. The predicted octanol–water partition coefficient (Wildman–Crippen LogP) is 8.33. The molecule has 0 atom stereocenters. The van der Waals surface area contributed by atoms with Gasteiger partial charge in [-0.2, -0.15) is 0 Å². The van der Waals surface area contributed by atoms with Crippen LogP contribution in [0, 0.1) is 6.92 Å². The molecule has 1 heterocycles. The lowest BCUT2D eigenvalue weighted by Crippen LogP contribution is -1.92. The Hall–Kier alpha value is -4.10. The second-order valence-corrected chi connectivity index (χ2v) is 9.08. The molecule has 156 valence electrons. The molecule has 7 rings (SSSR count). The number of fused-ring (bicyclic) bond motifs is 6. The van der Waals surface area contributed by atoms with Crippen LogP contribution < -0.4 is 0 Å². The largest absolute Gasteiger partial charge is 0.309 e. The minimum Gasteiger partial charge on any atom is -0.309 e. The summed E-state index contributed by atoms with van der Waals surface area (Å²) in [5.74, 6) is 0. The van der Waals surface area contributed by atoms with Gasteiger partial charge in [0.1, 0.15) is 0 Å². The highest BCUT2D eigenvalue weighted by Gasteiger charge is 2.21. The van der Waals surface area contributed by atoms with Crippen LogP contribution in [0.4, 0.5) is 0 Å². The highest BCUT2D eigenvalue weighted by Crippen LogP contribution is 2.41. The van der Waals surface area contributed by atoms with Crippen molar-refractivity contribution in [1.29, 1.82) is 0 Å². The lowest BCUT2D eigenvalue weighted by molar-refractivity contribution is 1.18. The molecule has 0 fully saturated rings. The van der Waals surface area contributed by atoms with Gasteiger partial charge in [0.05, 0.1) is 11.0 Å². The monoisotopic (exact) mass is 421 g/mol. The molecule has 0 bridgehead atoms. The first-order valence-electron chi connectivity index (χ1n) is 11.6. The van der Waals surface area contributed by atoms with Crippen molar-refractivity contribution in [2.24, 2.45) is 0 Å². The van der Waals surface area contributed by atoms with Gasteiger partial charge < -0.3 is 4.57 Å². The Morgan fingerprint density at radius 3 is 2.24 bits per heavy atom. The van der Waals surface area contributed by atoms with Crippen LogP contribution >= 0.6 is 0 Å². The SMILES string of the molecule is Cc1cccc2c1-c1cc(-c3ccc4c(c3)c3ccccc3n4-c3ccccc3)ccc1C2. The van der Waals surface area contributed by atoms with Gasteiger partial charge in [0.2, 0.25) is 0 Å². The van der Waals surface area contributed by atoms with Crippen LogP contribution in [0.25, 0.3) is 49.7 Å². The molecule has 33 heavy (non-hydrogen) atoms. The molecule has 1 aliphatic carbocycles. The molecule has 1 nitrogen and oxygen atoms in total. The van der Waals surface area contributed by atoms with E-state index in [0.29, 0.717) is 0 Å². The van der Waals surface area contributed by atoms with E-state index < -0.39 is 0 Å². The first kappa shape index (κ1) is 18.5. The molecule has 0 spiro atoms. The number of hydrogen-bond acceptors (Lipinski definition) is 0. The molecule has 0 N–H and O–H groups in total. The molecule has 1 aliphatic rings. The van der Waals surface area contributed by atoms with E-state index in [1.807, 2.05) is 0 Å². The summed E-state index contributed by atoms with van der Waals surface area (Å²) in [7, 11) is 0. The summed E-state index contributed by atoms with van der Waals surface area (Å²) in [6.45, 7) is 2.23. The minimum absolute atomic E-state index is 1.04. The van der Waals surface area contributed by atoms with Gasteiger partial charge in [-0.15, -0.1) is 0 Å². The molecule has 0 amide bonds. The standard InChI is InChI=1S/C32H23N/c1-21-8-7-9-25-18-24-15-14-22(19-28(24)32(21)25)23-16-17-31-29(20-23)27-12-5-6-13-30(27)33(31)26-10-3-2-4-11-26/h2-17,19-20H,18H2,1H3. The smallest absolute Gasteiger partial charge is 0.0541 e. The molecule has 0 saturated heterocycles. The Bertz CT molecular complexity index is 1690. The van der Waals surface area contributed by atoms with Crippen LogP contribution in [-0.2, 0) is 6.42 Å². The van der Waals surface area contributed by atoms with Gasteiger partial charge in [0.25, 0.3) is 0 Å². The Morgan fingerprint density at radius 2 is 1.33 bits per heavy atom. The Kier molecular flexibility index (Phi) is 3.89. The van der Waals surface area contributed by atoms with E-state index >= 15 is 0 Å². The van der Waals surface area contributed by atoms with Gasteiger partial charge in [0, 0.05) is 16.5 Å². The van der Waals surface area contributed by atoms with E-state index in [2.05, 4.69) is 121 Å². The summed E-state index contributed by atoms with van der Waals surface area (Å²) >= 11 is 0. The molecule has 5 aromatic carbocycles. The van der Waals surface area contributed by atoms with E-state index in [1.165, 1.54) is 66.4 Å². The molecular weight excluding hydrogens is 398 g/mol. The van der Waals surface area contributed by atoms with E-state index in [0.717, 1.165) is 6.42 Å². The summed E-state index contributed by atoms with van der Waals surface area (Å²) in [6, 6.07) is 40.0. The van der Waals surface area contributed by atoms with Crippen molar-refractivity contribution in [1.82, 2.24) is 4.57 Å². The molecule has 0 aliphatic heterocycles. The number of hydrogen-bond donors (Lipinski definition) is 0. The van der Waals surface area contributed by atoms with Gasteiger partial charge in [-0.25, -0.2) is 0 Å². The molecule has 0 saturated carbocycles. The fourth-order valence-electron chi connectivity index (χ4n) is 5.62. The lowest BCUT2D eigenvalue weighted by atomic mass is 9.96. The quantitative estimate of drug-likeness (QED) is 0.264. The Labute approximate surface area is 193 Å². The molecule has 1 heteroatoms. The van der Waals surface area contributed by atoms with Crippen LogP contribution in [0.5, 0.6) is 0 Å². The third kappa shape index (κ3) is 2.72. The fraction of sp³-hybridized carbons (Fsp3) is 0.0625. The lowest BCUT2D eigenvalue weighted by Gasteiger charge is -2.10. The van der Waals surface area contributed by atoms with Crippen LogP contribution in [0.15, 0.2) is 109 Å². The molecule has 1 aromatic heterocycles. The summed E-state index contributed by atoms with van der Waals surface area (Å²) in [5, 5.41) is 2.59. The van der Waals surface area contributed by atoms with Crippen LogP contribution in [0.1, 0.15) is 16.7 Å². The van der Waals surface area contributed by atoms with Crippen molar-refractivity contribution in [2.75, 3.05) is 0 Å². The molecular formula is C32H23N. The number of benzene rings is 5. The van der Waals surface area contributed by atoms with Gasteiger partial charge >= 0.3 is 0 Å². The maximum atomic E-state index is 2.39. The number of para-hydroxylation sites is 2. The number of aromatic nitrogens is 1. The average molecular weight is 422 g/mol. The van der Waals surface area contributed by atoms with Gasteiger partial charge in [0.15, 0.2) is 0 Å². The first-order valence-corrected chi connectivity index (χ1v) is 11.6. The van der Waals surface area contributed by atoms with Crippen LogP contribution in [0.2, 0.25) is 0 Å².